The smallest absolute Gasteiger partial charge is 0.261 e. The molecule has 1 unspecified atom stereocenters. The van der Waals surface area contributed by atoms with E-state index in [9.17, 15) is 9.59 Å². The number of carbonyl (C=O) groups excluding carboxylic acids is 2. The molecule has 0 saturated heterocycles. The maximum atomic E-state index is 11.7. The van der Waals surface area contributed by atoms with Crippen LogP contribution in [0.1, 0.15) is 6.92 Å². The van der Waals surface area contributed by atoms with Gasteiger partial charge in [0.25, 0.3) is 5.91 Å². The Kier molecular flexibility index (Phi) is 5.16. The lowest BCUT2D eigenvalue weighted by molar-refractivity contribution is -0.129. The van der Waals surface area contributed by atoms with E-state index in [1.165, 1.54) is 0 Å². The number of carbonyl (C=O) groups is 2. The van der Waals surface area contributed by atoms with Gasteiger partial charge in [0.1, 0.15) is 0 Å². The van der Waals surface area contributed by atoms with Gasteiger partial charge in [-0.05, 0) is 35.0 Å². The first kappa shape index (κ1) is 16.0. The Labute approximate surface area is 135 Å². The van der Waals surface area contributed by atoms with Crippen molar-refractivity contribution in [3.8, 4) is 11.6 Å². The molecule has 0 aliphatic rings. The molecule has 22 heavy (non-hydrogen) atoms. The molecule has 1 aromatic carbocycles. The number of hydrogen-bond donors (Lipinski definition) is 2. The molecule has 0 saturated carbocycles. The van der Waals surface area contributed by atoms with Crippen LogP contribution in [0.5, 0.6) is 5.88 Å². The number of nitrogens with zero attached hydrogens (tertiary/aromatic N) is 2. The van der Waals surface area contributed by atoms with Crippen molar-refractivity contribution >= 4 is 27.7 Å². The zero-order valence-corrected chi connectivity index (χ0v) is 13.4. The number of hydrogen-bond acceptors (Lipinski definition) is 4. The fourth-order valence-corrected chi connectivity index (χ4v) is 2.04. The van der Waals surface area contributed by atoms with Crippen molar-refractivity contribution in [2.24, 2.45) is 5.73 Å². The summed E-state index contributed by atoms with van der Waals surface area (Å²) in [7, 11) is 0. The fourth-order valence-electron chi connectivity index (χ4n) is 1.67. The molecule has 0 radical (unpaired) electrons. The predicted molar refractivity (Wildman–Crippen MR) is 83.6 cm³/mol. The Bertz CT molecular complexity index is 672. The van der Waals surface area contributed by atoms with E-state index in [1.807, 2.05) is 30.3 Å². The van der Waals surface area contributed by atoms with E-state index in [-0.39, 0.29) is 12.4 Å². The maximum Gasteiger partial charge on any atom is 0.261 e. The van der Waals surface area contributed by atoms with Crippen molar-refractivity contribution in [1.29, 1.82) is 0 Å². The van der Waals surface area contributed by atoms with Crippen LogP contribution in [0.4, 0.5) is 0 Å². The van der Waals surface area contributed by atoms with Gasteiger partial charge in [-0.1, -0.05) is 18.2 Å². The van der Waals surface area contributed by atoms with E-state index < -0.39 is 17.9 Å². The summed E-state index contributed by atoms with van der Waals surface area (Å²) in [6.07, 6.45) is 0.924. The van der Waals surface area contributed by atoms with Crippen molar-refractivity contribution in [2.45, 2.75) is 13.0 Å². The molecular formula is C14H15BrN4O3. The number of halogens is 1. The Morgan fingerprint density at radius 3 is 2.73 bits per heavy atom. The minimum atomic E-state index is -0.810. The van der Waals surface area contributed by atoms with Crippen LogP contribution in [0.2, 0.25) is 0 Å². The third-order valence-electron chi connectivity index (χ3n) is 2.75. The Balaban J connectivity index is 2.06. The number of para-hydroxylation sites is 1. The summed E-state index contributed by atoms with van der Waals surface area (Å²) in [5.41, 5.74) is 5.83. The van der Waals surface area contributed by atoms with Gasteiger partial charge in [0.15, 0.2) is 6.10 Å². The molecule has 0 spiro atoms. The molecule has 0 aliphatic carbocycles. The second-order valence-corrected chi connectivity index (χ2v) is 5.36. The number of amides is 2. The number of benzene rings is 1. The molecule has 3 N–H and O–H groups in total. The number of rotatable bonds is 6. The largest absolute Gasteiger partial charge is 0.463 e. The summed E-state index contributed by atoms with van der Waals surface area (Å²) >= 11 is 3.34. The molecule has 1 heterocycles. The van der Waals surface area contributed by atoms with Crippen LogP contribution in [0.15, 0.2) is 41.0 Å². The van der Waals surface area contributed by atoms with Crippen LogP contribution >= 0.6 is 15.9 Å². The van der Waals surface area contributed by atoms with Crippen LogP contribution in [-0.4, -0.2) is 34.2 Å². The molecule has 0 fully saturated rings. The van der Waals surface area contributed by atoms with E-state index in [0.29, 0.717) is 4.47 Å². The minimum Gasteiger partial charge on any atom is -0.463 e. The molecule has 116 valence electrons. The molecule has 2 aromatic rings. The molecule has 0 bridgehead atoms. The first-order chi connectivity index (χ1) is 10.5. The lowest BCUT2D eigenvalue weighted by atomic mass is 10.3. The lowest BCUT2D eigenvalue weighted by Crippen LogP contribution is -2.40. The quantitative estimate of drug-likeness (QED) is 0.796. The third-order valence-corrected chi connectivity index (χ3v) is 3.30. The molecule has 1 atom stereocenters. The van der Waals surface area contributed by atoms with E-state index in [1.54, 1.807) is 17.8 Å². The average Bonchev–Trinajstić information content (AvgIpc) is 2.86. The molecule has 2 rings (SSSR count). The van der Waals surface area contributed by atoms with Gasteiger partial charge in [-0.15, -0.1) is 5.10 Å². The highest BCUT2D eigenvalue weighted by Crippen LogP contribution is 2.25. The standard InChI is InChI=1S/C14H15BrN4O3/c1-9(13(21)17-7-12(16)20)22-14-11(15)8-19(18-14)10-5-3-2-4-6-10/h2-6,8-9H,7H2,1H3,(H2,16,20)(H,17,21). The minimum absolute atomic E-state index is 0.230. The summed E-state index contributed by atoms with van der Waals surface area (Å²) in [4.78, 5) is 22.4. The van der Waals surface area contributed by atoms with Gasteiger partial charge < -0.3 is 15.8 Å². The summed E-state index contributed by atoms with van der Waals surface area (Å²) in [5, 5.41) is 6.65. The average molecular weight is 367 g/mol. The van der Waals surface area contributed by atoms with Gasteiger partial charge in [-0.25, -0.2) is 4.68 Å². The molecule has 2 amide bonds. The SMILES string of the molecule is CC(Oc1nn(-c2ccccc2)cc1Br)C(=O)NCC(N)=O. The Hall–Kier alpha value is -2.35. The van der Waals surface area contributed by atoms with Crippen LogP contribution in [0.25, 0.3) is 5.69 Å². The van der Waals surface area contributed by atoms with Crippen molar-refractivity contribution < 1.29 is 14.3 Å². The van der Waals surface area contributed by atoms with Crippen molar-refractivity contribution in [1.82, 2.24) is 15.1 Å². The normalized spacial score (nSPS) is 11.7. The van der Waals surface area contributed by atoms with E-state index in [2.05, 4.69) is 26.3 Å². The summed E-state index contributed by atoms with van der Waals surface area (Å²) in [6, 6.07) is 9.49. The van der Waals surface area contributed by atoms with Gasteiger partial charge in [-0.3, -0.25) is 9.59 Å². The zero-order valence-electron chi connectivity index (χ0n) is 11.8. The summed E-state index contributed by atoms with van der Waals surface area (Å²) in [5.74, 6) is -0.777. The topological polar surface area (TPSA) is 99.2 Å². The third kappa shape index (κ3) is 4.08. The Morgan fingerprint density at radius 2 is 2.09 bits per heavy atom. The van der Waals surface area contributed by atoms with Gasteiger partial charge in [0.05, 0.1) is 16.7 Å². The number of nitrogens with two attached hydrogens (primary N) is 1. The highest BCUT2D eigenvalue weighted by molar-refractivity contribution is 9.10. The van der Waals surface area contributed by atoms with Crippen molar-refractivity contribution in [3.05, 3.63) is 41.0 Å². The monoisotopic (exact) mass is 366 g/mol. The van der Waals surface area contributed by atoms with Gasteiger partial charge in [-0.2, -0.15) is 0 Å². The summed E-state index contributed by atoms with van der Waals surface area (Å²) in [6.45, 7) is 1.33. The van der Waals surface area contributed by atoms with E-state index in [4.69, 9.17) is 10.5 Å². The van der Waals surface area contributed by atoms with Crippen molar-refractivity contribution in [2.75, 3.05) is 6.54 Å². The molecule has 1 aromatic heterocycles. The van der Waals surface area contributed by atoms with Crippen LogP contribution in [-0.2, 0) is 9.59 Å². The highest BCUT2D eigenvalue weighted by Gasteiger charge is 2.18. The number of aromatic nitrogens is 2. The first-order valence-electron chi connectivity index (χ1n) is 6.50. The van der Waals surface area contributed by atoms with E-state index >= 15 is 0 Å². The first-order valence-corrected chi connectivity index (χ1v) is 7.30. The zero-order chi connectivity index (χ0) is 16.1. The van der Waals surface area contributed by atoms with E-state index in [0.717, 1.165) is 5.69 Å². The van der Waals surface area contributed by atoms with Crippen LogP contribution < -0.4 is 15.8 Å². The fraction of sp³-hybridized carbons (Fsp3) is 0.214. The Morgan fingerprint density at radius 1 is 1.41 bits per heavy atom. The second-order valence-electron chi connectivity index (χ2n) is 4.51. The molecular weight excluding hydrogens is 352 g/mol. The van der Waals surface area contributed by atoms with Crippen LogP contribution in [0, 0.1) is 0 Å². The maximum absolute atomic E-state index is 11.7. The predicted octanol–water partition coefficient (Wildman–Crippen LogP) is 1.00. The van der Waals surface area contributed by atoms with Crippen LogP contribution in [0.3, 0.4) is 0 Å². The molecule has 8 heteroatoms. The van der Waals surface area contributed by atoms with Gasteiger partial charge >= 0.3 is 0 Å². The van der Waals surface area contributed by atoms with Gasteiger partial charge in [0, 0.05) is 6.20 Å². The highest BCUT2D eigenvalue weighted by atomic mass is 79.9. The number of ether oxygens (including phenoxy) is 1. The number of primary amides is 1. The number of nitrogens with one attached hydrogen (secondary N) is 1. The lowest BCUT2D eigenvalue weighted by Gasteiger charge is -2.12. The second kappa shape index (κ2) is 7.08. The summed E-state index contributed by atoms with van der Waals surface area (Å²) < 4.78 is 7.75. The molecule has 0 aliphatic heterocycles. The van der Waals surface area contributed by atoms with Crippen molar-refractivity contribution in [3.63, 3.8) is 0 Å². The van der Waals surface area contributed by atoms with Gasteiger partial charge in [0.2, 0.25) is 11.8 Å². The molecule has 7 nitrogen and oxygen atoms in total.